The van der Waals surface area contributed by atoms with Crippen LogP contribution < -0.4 is 0 Å². The van der Waals surface area contributed by atoms with Crippen LogP contribution in [-0.4, -0.2) is 31.6 Å². The molecule has 13 heavy (non-hydrogen) atoms. The predicted molar refractivity (Wildman–Crippen MR) is 56.1 cm³/mol. The average Bonchev–Trinajstić information content (AvgIpc) is 1.81. The van der Waals surface area contributed by atoms with Gasteiger partial charge in [-0.3, -0.25) is 0 Å². The molecule has 3 nitrogen and oxygen atoms in total. The van der Waals surface area contributed by atoms with Gasteiger partial charge < -0.3 is 0 Å². The van der Waals surface area contributed by atoms with Gasteiger partial charge in [-0.1, -0.05) is 13.8 Å². The molecule has 0 aromatic heterocycles. The van der Waals surface area contributed by atoms with E-state index in [4.69, 9.17) is 0 Å². The molecule has 0 aliphatic heterocycles. The lowest BCUT2D eigenvalue weighted by atomic mass is 10.1. The van der Waals surface area contributed by atoms with E-state index in [0.717, 1.165) is 6.42 Å². The molecule has 0 radical (unpaired) electrons. The molecule has 0 aromatic carbocycles. The smallest absolute Gasteiger partial charge is 0.211 e. The molecule has 0 spiro atoms. The van der Waals surface area contributed by atoms with E-state index in [-0.39, 0.29) is 6.04 Å². The van der Waals surface area contributed by atoms with E-state index >= 15 is 0 Å². The SMILES string of the molecule is CC(C)CCN(C(C)C)S(C)(=O)=O. The molecule has 0 N–H and O–H groups in total. The lowest BCUT2D eigenvalue weighted by Gasteiger charge is -2.24. The second-order valence-electron chi connectivity index (χ2n) is 4.15. The maximum Gasteiger partial charge on any atom is 0.211 e. The van der Waals surface area contributed by atoms with Crippen LogP contribution in [0.25, 0.3) is 0 Å². The van der Waals surface area contributed by atoms with Gasteiger partial charge in [-0.2, -0.15) is 4.31 Å². The zero-order valence-corrected chi connectivity index (χ0v) is 10.1. The first-order valence-electron chi connectivity index (χ1n) is 4.72. The van der Waals surface area contributed by atoms with Gasteiger partial charge >= 0.3 is 0 Å². The van der Waals surface area contributed by atoms with Crippen LogP contribution in [0.2, 0.25) is 0 Å². The Hall–Kier alpha value is -0.0900. The maximum absolute atomic E-state index is 11.3. The fraction of sp³-hybridized carbons (Fsp3) is 1.00. The third-order valence-corrected chi connectivity index (χ3v) is 3.38. The molecular formula is C9H21NO2S. The molecule has 0 unspecified atom stereocenters. The molecule has 0 amide bonds. The molecule has 4 heteroatoms. The van der Waals surface area contributed by atoms with Crippen molar-refractivity contribution in [2.24, 2.45) is 5.92 Å². The van der Waals surface area contributed by atoms with E-state index in [9.17, 15) is 8.42 Å². The van der Waals surface area contributed by atoms with E-state index in [0.29, 0.717) is 12.5 Å². The lowest BCUT2D eigenvalue weighted by molar-refractivity contribution is 0.334. The Balaban J connectivity index is 4.30. The Morgan fingerprint density at radius 3 is 1.85 bits per heavy atom. The molecule has 0 saturated heterocycles. The van der Waals surface area contributed by atoms with Crippen LogP contribution in [0.3, 0.4) is 0 Å². The molecule has 0 heterocycles. The summed E-state index contributed by atoms with van der Waals surface area (Å²) in [4.78, 5) is 0. The van der Waals surface area contributed by atoms with Crippen LogP contribution in [0.5, 0.6) is 0 Å². The van der Waals surface area contributed by atoms with Crippen molar-refractivity contribution in [1.82, 2.24) is 4.31 Å². The minimum absolute atomic E-state index is 0.0637. The molecule has 0 fully saturated rings. The van der Waals surface area contributed by atoms with Crippen molar-refractivity contribution in [3.05, 3.63) is 0 Å². The van der Waals surface area contributed by atoms with Crippen LogP contribution in [-0.2, 0) is 10.0 Å². The van der Waals surface area contributed by atoms with Crippen LogP contribution in [0.4, 0.5) is 0 Å². The number of hydrogen-bond acceptors (Lipinski definition) is 2. The molecule has 80 valence electrons. The quantitative estimate of drug-likeness (QED) is 0.688. The van der Waals surface area contributed by atoms with Gasteiger partial charge in [0.1, 0.15) is 0 Å². The Morgan fingerprint density at radius 1 is 1.15 bits per heavy atom. The van der Waals surface area contributed by atoms with E-state index < -0.39 is 10.0 Å². The Bertz CT molecular complexity index is 232. The van der Waals surface area contributed by atoms with E-state index in [1.165, 1.54) is 6.26 Å². The summed E-state index contributed by atoms with van der Waals surface area (Å²) in [5, 5.41) is 0. The van der Waals surface area contributed by atoms with E-state index in [1.807, 2.05) is 13.8 Å². The van der Waals surface area contributed by atoms with Crippen LogP contribution >= 0.6 is 0 Å². The third kappa shape index (κ3) is 5.26. The molecule has 0 saturated carbocycles. The molecule has 0 aromatic rings. The van der Waals surface area contributed by atoms with Crippen LogP contribution in [0, 0.1) is 5.92 Å². The molecular weight excluding hydrogens is 186 g/mol. The largest absolute Gasteiger partial charge is 0.212 e. The summed E-state index contributed by atoms with van der Waals surface area (Å²) < 4.78 is 24.2. The second kappa shape index (κ2) is 4.96. The number of hydrogen-bond donors (Lipinski definition) is 0. The highest BCUT2D eigenvalue weighted by molar-refractivity contribution is 7.88. The van der Waals surface area contributed by atoms with Gasteiger partial charge in [-0.15, -0.1) is 0 Å². The number of rotatable bonds is 5. The van der Waals surface area contributed by atoms with E-state index in [1.54, 1.807) is 4.31 Å². The molecule has 0 bridgehead atoms. The summed E-state index contributed by atoms with van der Waals surface area (Å²) in [5.74, 6) is 0.544. The topological polar surface area (TPSA) is 37.4 Å². The summed E-state index contributed by atoms with van der Waals surface area (Å²) in [7, 11) is -3.03. The first-order valence-corrected chi connectivity index (χ1v) is 6.56. The summed E-state index contributed by atoms with van der Waals surface area (Å²) in [6.07, 6.45) is 2.19. The molecule has 0 rings (SSSR count). The summed E-state index contributed by atoms with van der Waals surface area (Å²) in [6.45, 7) is 8.64. The first-order chi connectivity index (χ1) is 5.75. The highest BCUT2D eigenvalue weighted by Gasteiger charge is 2.19. The van der Waals surface area contributed by atoms with Gasteiger partial charge in [0.15, 0.2) is 0 Å². The molecule has 0 aliphatic carbocycles. The zero-order chi connectivity index (χ0) is 10.6. The Kier molecular flexibility index (Phi) is 4.92. The summed E-state index contributed by atoms with van der Waals surface area (Å²) >= 11 is 0. The highest BCUT2D eigenvalue weighted by atomic mass is 32.2. The fourth-order valence-corrected chi connectivity index (χ4v) is 2.40. The first kappa shape index (κ1) is 12.9. The Labute approximate surface area is 82.2 Å². The van der Waals surface area contributed by atoms with E-state index in [2.05, 4.69) is 13.8 Å². The van der Waals surface area contributed by atoms with Gasteiger partial charge in [0, 0.05) is 12.6 Å². The van der Waals surface area contributed by atoms with Crippen molar-refractivity contribution in [3.63, 3.8) is 0 Å². The third-order valence-electron chi connectivity index (χ3n) is 1.93. The lowest BCUT2D eigenvalue weighted by Crippen LogP contribution is -2.37. The predicted octanol–water partition coefficient (Wildman–Crippen LogP) is 1.70. The van der Waals surface area contributed by atoms with Gasteiger partial charge in [-0.25, -0.2) is 8.42 Å². The van der Waals surface area contributed by atoms with Gasteiger partial charge in [0.25, 0.3) is 0 Å². The minimum atomic E-state index is -3.03. The second-order valence-corrected chi connectivity index (χ2v) is 6.09. The van der Waals surface area contributed by atoms with Crippen LogP contribution in [0.15, 0.2) is 0 Å². The minimum Gasteiger partial charge on any atom is -0.212 e. The number of nitrogens with zero attached hydrogens (tertiary/aromatic N) is 1. The highest BCUT2D eigenvalue weighted by Crippen LogP contribution is 2.09. The fourth-order valence-electron chi connectivity index (χ4n) is 1.19. The normalized spacial score (nSPS) is 13.2. The van der Waals surface area contributed by atoms with Crippen molar-refractivity contribution < 1.29 is 8.42 Å². The zero-order valence-electron chi connectivity index (χ0n) is 9.24. The van der Waals surface area contributed by atoms with Crippen molar-refractivity contribution in [1.29, 1.82) is 0 Å². The Morgan fingerprint density at radius 2 is 1.62 bits per heavy atom. The van der Waals surface area contributed by atoms with Crippen molar-refractivity contribution in [2.75, 3.05) is 12.8 Å². The van der Waals surface area contributed by atoms with Gasteiger partial charge in [0.05, 0.1) is 6.26 Å². The summed E-state index contributed by atoms with van der Waals surface area (Å²) in [6, 6.07) is 0.0637. The van der Waals surface area contributed by atoms with Crippen molar-refractivity contribution in [3.8, 4) is 0 Å². The van der Waals surface area contributed by atoms with Crippen molar-refractivity contribution >= 4 is 10.0 Å². The summed E-state index contributed by atoms with van der Waals surface area (Å²) in [5.41, 5.74) is 0. The van der Waals surface area contributed by atoms with Gasteiger partial charge in [-0.05, 0) is 26.2 Å². The van der Waals surface area contributed by atoms with Gasteiger partial charge in [0.2, 0.25) is 10.0 Å². The average molecular weight is 207 g/mol. The monoisotopic (exact) mass is 207 g/mol. The number of sulfonamides is 1. The van der Waals surface area contributed by atoms with Crippen LogP contribution in [0.1, 0.15) is 34.1 Å². The molecule has 0 aliphatic rings. The standard InChI is InChI=1S/C9H21NO2S/c1-8(2)6-7-10(9(3)4)13(5,11)12/h8-9H,6-7H2,1-5H3. The molecule has 0 atom stereocenters. The van der Waals surface area contributed by atoms with Crippen molar-refractivity contribution in [2.45, 2.75) is 40.2 Å². The maximum atomic E-state index is 11.3.